The molecule has 1 saturated heterocycles. The molecule has 3 amide bonds. The minimum Gasteiger partial charge on any atom is -0.390 e. The highest BCUT2D eigenvalue weighted by atomic mass is 16.5. The molecular formula is C12H19N3O4. The molecule has 0 aromatic carbocycles. The number of nitrogens with zero attached hydrogens (tertiary/aromatic N) is 1. The second-order valence-corrected chi connectivity index (χ2v) is 4.72. The summed E-state index contributed by atoms with van der Waals surface area (Å²) < 4.78 is 5.63. The SMILES string of the molecule is CC[C@H]1O[C@@H](N2C=CC(NC(C)=O)NC2=O)CC1O. The summed E-state index contributed by atoms with van der Waals surface area (Å²) in [7, 11) is 0. The first-order valence-corrected chi connectivity index (χ1v) is 6.39. The zero-order chi connectivity index (χ0) is 14.0. The molecule has 2 rings (SSSR count). The van der Waals surface area contributed by atoms with Crippen LogP contribution in [0, 0.1) is 0 Å². The van der Waals surface area contributed by atoms with E-state index < -0.39 is 18.5 Å². The van der Waals surface area contributed by atoms with Gasteiger partial charge in [-0.3, -0.25) is 9.69 Å². The first-order valence-electron chi connectivity index (χ1n) is 6.39. The van der Waals surface area contributed by atoms with E-state index in [2.05, 4.69) is 10.6 Å². The van der Waals surface area contributed by atoms with Crippen LogP contribution in [0.25, 0.3) is 0 Å². The number of rotatable bonds is 3. The van der Waals surface area contributed by atoms with Crippen LogP contribution >= 0.6 is 0 Å². The molecule has 3 N–H and O–H groups in total. The maximum Gasteiger partial charge on any atom is 0.325 e. The van der Waals surface area contributed by atoms with Gasteiger partial charge in [-0.1, -0.05) is 6.92 Å². The van der Waals surface area contributed by atoms with Crippen LogP contribution < -0.4 is 10.6 Å². The Hall–Kier alpha value is -1.60. The van der Waals surface area contributed by atoms with Gasteiger partial charge in [0.1, 0.15) is 12.4 Å². The summed E-state index contributed by atoms with van der Waals surface area (Å²) in [6.07, 6.45) is 2.58. The van der Waals surface area contributed by atoms with Gasteiger partial charge in [-0.05, 0) is 12.5 Å². The molecule has 0 aliphatic carbocycles. The molecule has 4 atom stereocenters. The Bertz CT molecular complexity index is 398. The van der Waals surface area contributed by atoms with Crippen LogP contribution in [0.1, 0.15) is 26.7 Å². The quantitative estimate of drug-likeness (QED) is 0.666. The molecule has 0 bridgehead atoms. The van der Waals surface area contributed by atoms with Crippen molar-refractivity contribution in [2.24, 2.45) is 0 Å². The minimum absolute atomic E-state index is 0.220. The molecule has 2 unspecified atom stereocenters. The van der Waals surface area contributed by atoms with Crippen LogP contribution in [-0.4, -0.2) is 46.5 Å². The number of carbonyl (C=O) groups excluding carboxylic acids is 2. The highest BCUT2D eigenvalue weighted by Gasteiger charge is 2.38. The molecule has 0 aromatic rings. The molecule has 0 spiro atoms. The third-order valence-corrected chi connectivity index (χ3v) is 3.23. The fourth-order valence-electron chi connectivity index (χ4n) is 2.29. The molecule has 2 aliphatic heterocycles. The summed E-state index contributed by atoms with van der Waals surface area (Å²) in [5.41, 5.74) is 0. The van der Waals surface area contributed by atoms with Crippen molar-refractivity contribution in [3.05, 3.63) is 12.3 Å². The molecule has 106 valence electrons. The number of carbonyl (C=O) groups is 2. The topological polar surface area (TPSA) is 90.9 Å². The van der Waals surface area contributed by atoms with Crippen molar-refractivity contribution in [2.45, 2.75) is 51.3 Å². The highest BCUT2D eigenvalue weighted by Crippen LogP contribution is 2.26. The summed E-state index contributed by atoms with van der Waals surface area (Å²) >= 11 is 0. The van der Waals surface area contributed by atoms with Crippen LogP contribution in [0.2, 0.25) is 0 Å². The number of hydrogen-bond acceptors (Lipinski definition) is 4. The van der Waals surface area contributed by atoms with Crippen molar-refractivity contribution in [1.29, 1.82) is 0 Å². The van der Waals surface area contributed by atoms with E-state index in [4.69, 9.17) is 4.74 Å². The van der Waals surface area contributed by atoms with Crippen molar-refractivity contribution in [1.82, 2.24) is 15.5 Å². The third-order valence-electron chi connectivity index (χ3n) is 3.23. The van der Waals surface area contributed by atoms with E-state index in [-0.39, 0.29) is 18.0 Å². The minimum atomic E-state index is -0.552. The van der Waals surface area contributed by atoms with E-state index in [1.165, 1.54) is 11.8 Å². The summed E-state index contributed by atoms with van der Waals surface area (Å²) in [5, 5.41) is 15.0. The summed E-state index contributed by atoms with van der Waals surface area (Å²) in [6, 6.07) is -0.352. The van der Waals surface area contributed by atoms with Gasteiger partial charge in [0.25, 0.3) is 0 Å². The Balaban J connectivity index is 1.99. The van der Waals surface area contributed by atoms with E-state index >= 15 is 0 Å². The Morgan fingerprint density at radius 3 is 2.95 bits per heavy atom. The van der Waals surface area contributed by atoms with E-state index in [1.54, 1.807) is 12.3 Å². The van der Waals surface area contributed by atoms with Gasteiger partial charge in [0.2, 0.25) is 5.91 Å². The van der Waals surface area contributed by atoms with Gasteiger partial charge < -0.3 is 20.5 Å². The molecule has 0 radical (unpaired) electrons. The van der Waals surface area contributed by atoms with Gasteiger partial charge in [-0.25, -0.2) is 4.79 Å². The van der Waals surface area contributed by atoms with Crippen LogP contribution in [0.5, 0.6) is 0 Å². The second-order valence-electron chi connectivity index (χ2n) is 4.72. The first kappa shape index (κ1) is 13.8. The van der Waals surface area contributed by atoms with Crippen molar-refractivity contribution in [3.63, 3.8) is 0 Å². The van der Waals surface area contributed by atoms with Gasteiger partial charge in [-0.15, -0.1) is 0 Å². The number of aliphatic hydroxyl groups is 1. The molecule has 7 heteroatoms. The predicted molar refractivity (Wildman–Crippen MR) is 66.7 cm³/mol. The van der Waals surface area contributed by atoms with E-state index in [9.17, 15) is 14.7 Å². The maximum atomic E-state index is 11.9. The summed E-state index contributed by atoms with van der Waals surface area (Å²) in [6.45, 7) is 3.31. The number of ether oxygens (including phenoxy) is 1. The predicted octanol–water partition coefficient (Wildman–Crippen LogP) is -0.127. The van der Waals surface area contributed by atoms with Crippen molar-refractivity contribution in [2.75, 3.05) is 0 Å². The van der Waals surface area contributed by atoms with Gasteiger partial charge in [0.05, 0.1) is 12.2 Å². The molecule has 0 saturated carbocycles. The highest BCUT2D eigenvalue weighted by molar-refractivity contribution is 5.79. The lowest BCUT2D eigenvalue weighted by Crippen LogP contribution is -2.55. The number of amides is 3. The number of aliphatic hydroxyl groups excluding tert-OH is 1. The standard InChI is InChI=1S/C12H19N3O4/c1-3-9-8(17)6-11(19-9)15-5-4-10(13-7(2)16)14-12(15)18/h4-5,8-11,17H,3,6H2,1-2H3,(H,13,16)(H,14,18)/t8?,9-,10?,11-/m1/s1. The molecule has 19 heavy (non-hydrogen) atoms. The zero-order valence-electron chi connectivity index (χ0n) is 11.0. The number of hydrogen-bond donors (Lipinski definition) is 3. The van der Waals surface area contributed by atoms with E-state index in [0.29, 0.717) is 12.8 Å². The van der Waals surface area contributed by atoms with Crippen molar-refractivity contribution in [3.8, 4) is 0 Å². The lowest BCUT2D eigenvalue weighted by molar-refractivity contribution is -0.119. The molecule has 0 aromatic heterocycles. The van der Waals surface area contributed by atoms with Crippen LogP contribution in [0.15, 0.2) is 12.3 Å². The fraction of sp³-hybridized carbons (Fsp3) is 0.667. The van der Waals surface area contributed by atoms with E-state index in [0.717, 1.165) is 0 Å². The van der Waals surface area contributed by atoms with Gasteiger partial charge >= 0.3 is 6.03 Å². The van der Waals surface area contributed by atoms with Gasteiger partial charge in [0.15, 0.2) is 0 Å². The van der Waals surface area contributed by atoms with E-state index in [1.807, 2.05) is 6.92 Å². The van der Waals surface area contributed by atoms with Crippen molar-refractivity contribution < 1.29 is 19.4 Å². The number of urea groups is 1. The summed E-state index contributed by atoms with van der Waals surface area (Å²) in [4.78, 5) is 24.2. The summed E-state index contributed by atoms with van der Waals surface area (Å²) in [5.74, 6) is -0.220. The normalized spacial score (nSPS) is 34.3. The Morgan fingerprint density at radius 2 is 2.42 bits per heavy atom. The lowest BCUT2D eigenvalue weighted by atomic mass is 10.1. The second kappa shape index (κ2) is 5.58. The Labute approximate surface area is 111 Å². The number of nitrogens with one attached hydrogen (secondary N) is 2. The fourth-order valence-corrected chi connectivity index (χ4v) is 2.29. The Morgan fingerprint density at radius 1 is 1.68 bits per heavy atom. The zero-order valence-corrected chi connectivity index (χ0v) is 11.0. The average molecular weight is 269 g/mol. The molecule has 2 heterocycles. The average Bonchev–Trinajstić information content (AvgIpc) is 2.69. The monoisotopic (exact) mass is 269 g/mol. The van der Waals surface area contributed by atoms with Crippen LogP contribution in [-0.2, 0) is 9.53 Å². The molecule has 2 aliphatic rings. The molecular weight excluding hydrogens is 250 g/mol. The Kier molecular flexibility index (Phi) is 4.06. The van der Waals surface area contributed by atoms with Gasteiger partial charge in [0, 0.05) is 19.5 Å². The van der Waals surface area contributed by atoms with Gasteiger partial charge in [-0.2, -0.15) is 0 Å². The lowest BCUT2D eigenvalue weighted by Gasteiger charge is -2.31. The largest absolute Gasteiger partial charge is 0.390 e. The van der Waals surface area contributed by atoms with Crippen LogP contribution in [0.4, 0.5) is 4.79 Å². The first-order chi connectivity index (χ1) is 9.01. The maximum absolute atomic E-state index is 11.9. The third kappa shape index (κ3) is 3.05. The van der Waals surface area contributed by atoms with Crippen molar-refractivity contribution >= 4 is 11.9 Å². The molecule has 1 fully saturated rings. The van der Waals surface area contributed by atoms with Crippen LogP contribution in [0.3, 0.4) is 0 Å². The molecule has 7 nitrogen and oxygen atoms in total. The smallest absolute Gasteiger partial charge is 0.325 e.